The lowest BCUT2D eigenvalue weighted by molar-refractivity contribution is -0.191. The summed E-state index contributed by atoms with van der Waals surface area (Å²) in [6.45, 7) is 4.54. The van der Waals surface area contributed by atoms with Gasteiger partial charge in [0, 0.05) is 5.41 Å². The van der Waals surface area contributed by atoms with Gasteiger partial charge in [0.15, 0.2) is 5.41 Å². The minimum absolute atomic E-state index is 0.165. The number of rotatable bonds is 1. The third-order valence-corrected chi connectivity index (χ3v) is 5.00. The van der Waals surface area contributed by atoms with Gasteiger partial charge in [0.1, 0.15) is 11.3 Å². The van der Waals surface area contributed by atoms with E-state index in [2.05, 4.69) is 17.1 Å². The molecule has 3 aliphatic rings. The van der Waals surface area contributed by atoms with Gasteiger partial charge in [-0.3, -0.25) is 0 Å². The molecule has 94 valence electrons. The summed E-state index contributed by atoms with van der Waals surface area (Å²) in [6, 6.07) is 4.45. The average Bonchev–Trinajstić information content (AvgIpc) is 2.69. The van der Waals surface area contributed by atoms with Gasteiger partial charge in [0.25, 0.3) is 5.91 Å². The first-order chi connectivity index (χ1) is 8.52. The summed E-state index contributed by atoms with van der Waals surface area (Å²) in [4.78, 5) is 4.18. The molecule has 2 N–H and O–H groups in total. The number of nitrogens with zero attached hydrogens (tertiary/aromatic N) is 3. The van der Waals surface area contributed by atoms with Crippen molar-refractivity contribution in [3.05, 3.63) is 0 Å². The molecule has 0 bridgehead atoms. The minimum atomic E-state index is -1.38. The first-order valence-corrected chi connectivity index (χ1v) is 5.98. The molecule has 0 unspecified atom stereocenters. The topological polar surface area (TPSA) is 104 Å². The molecule has 18 heavy (non-hydrogen) atoms. The Kier molecular flexibility index (Phi) is 1.81. The third-order valence-electron chi connectivity index (χ3n) is 5.00. The molecule has 0 amide bonds. The Bertz CT molecular complexity index is 539. The highest BCUT2D eigenvalue weighted by Crippen LogP contribution is 2.86. The second-order valence-electron chi connectivity index (χ2n) is 5.19. The van der Waals surface area contributed by atoms with Crippen LogP contribution in [0.25, 0.3) is 0 Å². The molecule has 0 aromatic carbocycles. The van der Waals surface area contributed by atoms with Crippen LogP contribution in [0, 0.1) is 38.9 Å². The van der Waals surface area contributed by atoms with Crippen molar-refractivity contribution >= 4 is 5.84 Å². The van der Waals surface area contributed by atoms with Crippen LogP contribution in [-0.4, -0.2) is 25.0 Å². The highest BCUT2D eigenvalue weighted by atomic mass is 16.8. The average molecular weight is 246 g/mol. The molecule has 0 aromatic rings. The highest BCUT2D eigenvalue weighted by Gasteiger charge is 2.99. The van der Waals surface area contributed by atoms with E-state index >= 15 is 0 Å². The molecular weight excluding hydrogens is 232 g/mol. The Hall–Kier alpha value is -1.63. The van der Waals surface area contributed by atoms with E-state index < -0.39 is 22.2 Å². The maximum absolute atomic E-state index is 9.68. The van der Waals surface area contributed by atoms with Crippen molar-refractivity contribution in [1.82, 2.24) is 0 Å². The maximum Gasteiger partial charge on any atom is 0.293 e. The normalized spacial score (nSPS) is 47.2. The summed E-state index contributed by atoms with van der Waals surface area (Å²) in [5.74, 6) is -1.22. The lowest BCUT2D eigenvalue weighted by atomic mass is 9.89. The van der Waals surface area contributed by atoms with E-state index in [0.29, 0.717) is 19.6 Å². The second kappa shape index (κ2) is 2.85. The van der Waals surface area contributed by atoms with Gasteiger partial charge in [-0.2, -0.15) is 10.5 Å². The Morgan fingerprint density at radius 1 is 1.33 bits per heavy atom. The van der Waals surface area contributed by atoms with Crippen LogP contribution in [0.2, 0.25) is 0 Å². The van der Waals surface area contributed by atoms with Gasteiger partial charge >= 0.3 is 0 Å². The quantitative estimate of drug-likeness (QED) is 0.725. The van der Waals surface area contributed by atoms with E-state index in [1.807, 2.05) is 13.8 Å². The smallest absolute Gasteiger partial charge is 0.293 e. The number of fused-ring (bicyclic) bond motifs is 2. The van der Waals surface area contributed by atoms with E-state index in [-0.39, 0.29) is 5.84 Å². The zero-order chi connectivity index (χ0) is 13.2. The second-order valence-corrected chi connectivity index (χ2v) is 5.19. The van der Waals surface area contributed by atoms with E-state index in [1.54, 1.807) is 0 Å². The first kappa shape index (κ1) is 11.5. The molecule has 1 aliphatic carbocycles. The number of aliphatic imine (C=N–C) groups is 1. The predicted octanol–water partition coefficient (Wildman–Crippen LogP) is 0.508. The molecule has 1 saturated heterocycles. The van der Waals surface area contributed by atoms with Crippen LogP contribution >= 0.6 is 0 Å². The molecule has 6 heteroatoms. The first-order valence-electron chi connectivity index (χ1n) is 5.98. The zero-order valence-electron chi connectivity index (χ0n) is 10.4. The van der Waals surface area contributed by atoms with Gasteiger partial charge in [0.05, 0.1) is 25.4 Å². The molecule has 6 nitrogen and oxygen atoms in total. The van der Waals surface area contributed by atoms with Gasteiger partial charge in [-0.1, -0.05) is 13.8 Å². The van der Waals surface area contributed by atoms with E-state index in [0.717, 1.165) is 0 Å². The van der Waals surface area contributed by atoms with Gasteiger partial charge < -0.3 is 15.2 Å². The van der Waals surface area contributed by atoms with Crippen LogP contribution in [0.4, 0.5) is 0 Å². The molecule has 1 saturated carbocycles. The minimum Gasteiger partial charge on any atom is -0.386 e. The Balaban J connectivity index is 2.28. The van der Waals surface area contributed by atoms with E-state index in [1.165, 1.54) is 0 Å². The molecular formula is C12H14N4O2. The highest BCUT2D eigenvalue weighted by molar-refractivity contribution is 6.00. The summed E-state index contributed by atoms with van der Waals surface area (Å²) >= 11 is 0. The van der Waals surface area contributed by atoms with Gasteiger partial charge in [-0.05, 0) is 6.42 Å². The lowest BCUT2D eigenvalue weighted by Crippen LogP contribution is -2.40. The predicted molar refractivity (Wildman–Crippen MR) is 60.7 cm³/mol. The fourth-order valence-electron chi connectivity index (χ4n) is 3.93. The molecule has 2 heterocycles. The molecule has 0 radical (unpaired) electrons. The van der Waals surface area contributed by atoms with Crippen molar-refractivity contribution in [1.29, 1.82) is 10.5 Å². The Morgan fingerprint density at radius 2 is 1.94 bits per heavy atom. The fraction of sp³-hybridized carbons (Fsp3) is 0.750. The zero-order valence-corrected chi connectivity index (χ0v) is 10.4. The summed E-state index contributed by atoms with van der Waals surface area (Å²) in [5, 5.41) is 19.3. The molecule has 2 aliphatic heterocycles. The van der Waals surface area contributed by atoms with Gasteiger partial charge in [0.2, 0.25) is 0 Å². The maximum atomic E-state index is 9.68. The largest absolute Gasteiger partial charge is 0.386 e. The van der Waals surface area contributed by atoms with Crippen LogP contribution in [0.3, 0.4) is 0 Å². The third kappa shape index (κ3) is 0.682. The fourth-order valence-corrected chi connectivity index (χ4v) is 3.93. The summed E-state index contributed by atoms with van der Waals surface area (Å²) in [6.07, 6.45) is 0.638. The van der Waals surface area contributed by atoms with Crippen molar-refractivity contribution < 1.29 is 9.47 Å². The molecule has 3 atom stereocenters. The van der Waals surface area contributed by atoms with Crippen LogP contribution < -0.4 is 5.73 Å². The van der Waals surface area contributed by atoms with Gasteiger partial charge in [-0.15, -0.1) is 0 Å². The van der Waals surface area contributed by atoms with Crippen LogP contribution in [0.1, 0.15) is 20.3 Å². The number of hydrogen-bond donors (Lipinski definition) is 1. The Labute approximate surface area is 105 Å². The van der Waals surface area contributed by atoms with Crippen molar-refractivity contribution in [2.45, 2.75) is 26.2 Å². The number of amidine groups is 1. The van der Waals surface area contributed by atoms with Crippen molar-refractivity contribution in [3.8, 4) is 12.1 Å². The monoisotopic (exact) mass is 246 g/mol. The number of hydrogen-bond acceptors (Lipinski definition) is 6. The van der Waals surface area contributed by atoms with Crippen LogP contribution in [0.5, 0.6) is 0 Å². The summed E-state index contributed by atoms with van der Waals surface area (Å²) < 4.78 is 11.2. The summed E-state index contributed by atoms with van der Waals surface area (Å²) in [5.41, 5.74) is 3.15. The van der Waals surface area contributed by atoms with E-state index in [4.69, 9.17) is 15.2 Å². The number of nitrogens with two attached hydrogens (primary N) is 1. The van der Waals surface area contributed by atoms with Crippen molar-refractivity contribution in [3.63, 3.8) is 0 Å². The van der Waals surface area contributed by atoms with E-state index in [9.17, 15) is 10.5 Å². The van der Waals surface area contributed by atoms with Crippen LogP contribution in [0.15, 0.2) is 4.99 Å². The van der Waals surface area contributed by atoms with Gasteiger partial charge in [-0.25, -0.2) is 4.99 Å². The van der Waals surface area contributed by atoms with Crippen LogP contribution in [-0.2, 0) is 9.47 Å². The molecule has 0 aromatic heterocycles. The molecule has 3 rings (SSSR count). The Morgan fingerprint density at radius 3 is 2.33 bits per heavy atom. The standard InChI is InChI=1S/C12H14N4O2/c1-3-9(2)10(6-13)8(15)16-12(11(9,10)7-14)17-4-5-18-12/h3-5H2,1-2H3,(H2,15,16)/t9-,10-,11+/m0/s1. The SMILES string of the molecule is CC[C@@]1(C)[C@]2(C#N)C(N)=NC3(OCCO3)[C@]12C#N. The number of nitriles is 2. The van der Waals surface area contributed by atoms with Crippen molar-refractivity contribution in [2.24, 2.45) is 27.0 Å². The molecule has 1 spiro atoms. The van der Waals surface area contributed by atoms with Crippen molar-refractivity contribution in [2.75, 3.05) is 13.2 Å². The number of ether oxygens (including phenoxy) is 2. The summed E-state index contributed by atoms with van der Waals surface area (Å²) in [7, 11) is 0. The molecule has 2 fully saturated rings. The lowest BCUT2D eigenvalue weighted by Gasteiger charge is -2.28.